The number of halogens is 1. The van der Waals surface area contributed by atoms with Crippen molar-refractivity contribution in [2.45, 2.75) is 32.2 Å². The molecule has 7 nitrogen and oxygen atoms in total. The molecular weight excluding hydrogens is 412 g/mol. The smallest absolute Gasteiger partial charge is 0.255 e. The lowest BCUT2D eigenvalue weighted by Crippen LogP contribution is -2.44. The fourth-order valence-corrected chi connectivity index (χ4v) is 4.57. The first-order valence-electron chi connectivity index (χ1n) is 9.52. The van der Waals surface area contributed by atoms with E-state index >= 15 is 0 Å². The van der Waals surface area contributed by atoms with Gasteiger partial charge in [-0.3, -0.25) is 9.78 Å². The Hall–Kier alpha value is -2.16. The molecule has 0 radical (unpaired) electrons. The number of sulfonamides is 1. The van der Waals surface area contributed by atoms with Gasteiger partial charge in [0.2, 0.25) is 10.0 Å². The summed E-state index contributed by atoms with van der Waals surface area (Å²) < 4.78 is 25.1. The van der Waals surface area contributed by atoms with Gasteiger partial charge in [-0.1, -0.05) is 18.5 Å². The number of nitrogens with zero attached hydrogens (tertiary/aromatic N) is 2. The summed E-state index contributed by atoms with van der Waals surface area (Å²) in [4.78, 5) is 16.9. The van der Waals surface area contributed by atoms with Crippen molar-refractivity contribution >= 4 is 38.9 Å². The maximum atomic E-state index is 12.7. The lowest BCUT2D eigenvalue weighted by Gasteiger charge is -2.31. The quantitative estimate of drug-likeness (QED) is 0.724. The van der Waals surface area contributed by atoms with Crippen molar-refractivity contribution < 1.29 is 13.2 Å². The first kappa shape index (κ1) is 21.5. The molecule has 0 bridgehead atoms. The number of aromatic nitrogens is 1. The van der Waals surface area contributed by atoms with Crippen LogP contribution in [0.25, 0.3) is 0 Å². The molecule has 1 fully saturated rings. The zero-order valence-electron chi connectivity index (χ0n) is 16.5. The van der Waals surface area contributed by atoms with Crippen LogP contribution in [-0.2, 0) is 16.4 Å². The number of rotatable bonds is 6. The van der Waals surface area contributed by atoms with Crippen molar-refractivity contribution in [3.8, 4) is 0 Å². The van der Waals surface area contributed by atoms with Gasteiger partial charge in [0.25, 0.3) is 5.91 Å². The average molecular weight is 437 g/mol. The maximum Gasteiger partial charge on any atom is 0.255 e. The number of carbonyl (C=O) groups excluding carboxylic acids is 1. The molecular formula is C20H25ClN4O3S. The van der Waals surface area contributed by atoms with E-state index in [0.717, 1.165) is 24.1 Å². The summed E-state index contributed by atoms with van der Waals surface area (Å²) in [5, 5.41) is 6.80. The van der Waals surface area contributed by atoms with Crippen LogP contribution in [0.5, 0.6) is 0 Å². The number of amides is 1. The summed E-state index contributed by atoms with van der Waals surface area (Å²) in [6.45, 7) is 2.94. The standard InChI is InChI=1S/C20H25ClN4O3S/c1-3-14-9-15(21)6-7-19(14)20(26)24-18-10-17(11-22-12-18)23-16-5-4-8-25(13-16)29(2,27)28/h6-7,9-12,16,23H,3-5,8,13H2,1-2H3,(H,24,26). The van der Waals surface area contributed by atoms with Crippen molar-refractivity contribution in [3.63, 3.8) is 0 Å². The van der Waals surface area contributed by atoms with Crippen molar-refractivity contribution in [2.75, 3.05) is 30.0 Å². The van der Waals surface area contributed by atoms with Crippen molar-refractivity contribution in [2.24, 2.45) is 0 Å². The molecule has 2 aromatic rings. The number of benzene rings is 1. The molecule has 1 aliphatic rings. The minimum atomic E-state index is -3.20. The molecule has 156 valence electrons. The first-order valence-corrected chi connectivity index (χ1v) is 11.8. The van der Waals surface area contributed by atoms with E-state index in [9.17, 15) is 13.2 Å². The van der Waals surface area contributed by atoms with E-state index < -0.39 is 10.0 Å². The second kappa shape index (κ2) is 9.11. The highest BCUT2D eigenvalue weighted by atomic mass is 35.5. The highest BCUT2D eigenvalue weighted by Crippen LogP contribution is 2.21. The summed E-state index contributed by atoms with van der Waals surface area (Å²) in [5.41, 5.74) is 2.74. The van der Waals surface area contributed by atoms with Gasteiger partial charge in [-0.2, -0.15) is 0 Å². The Labute approximate surface area is 176 Å². The predicted octanol–water partition coefficient (Wildman–Crippen LogP) is 3.39. The Morgan fingerprint density at radius 3 is 2.76 bits per heavy atom. The SMILES string of the molecule is CCc1cc(Cl)ccc1C(=O)Nc1cncc(NC2CCCN(S(C)(=O)=O)C2)c1. The second-order valence-electron chi connectivity index (χ2n) is 7.18. The Balaban J connectivity index is 1.69. The minimum Gasteiger partial charge on any atom is -0.380 e. The van der Waals surface area contributed by atoms with Crippen LogP contribution < -0.4 is 10.6 Å². The van der Waals surface area contributed by atoms with Crippen LogP contribution in [-0.4, -0.2) is 49.0 Å². The lowest BCUT2D eigenvalue weighted by molar-refractivity contribution is 0.102. The number of aryl methyl sites for hydroxylation is 1. The van der Waals surface area contributed by atoms with Gasteiger partial charge in [0, 0.05) is 29.7 Å². The van der Waals surface area contributed by atoms with Gasteiger partial charge in [-0.05, 0) is 49.1 Å². The molecule has 2 heterocycles. The van der Waals surface area contributed by atoms with Crippen molar-refractivity contribution in [1.29, 1.82) is 0 Å². The molecule has 1 amide bonds. The summed E-state index contributed by atoms with van der Waals surface area (Å²) >= 11 is 6.02. The largest absolute Gasteiger partial charge is 0.380 e. The van der Waals surface area contributed by atoms with Gasteiger partial charge in [0.05, 0.1) is 30.0 Å². The molecule has 1 atom stereocenters. The molecule has 1 aromatic heterocycles. The summed E-state index contributed by atoms with van der Waals surface area (Å²) in [6, 6.07) is 7.00. The third-order valence-electron chi connectivity index (χ3n) is 4.91. The van der Waals surface area contributed by atoms with Crippen LogP contribution in [0.1, 0.15) is 35.7 Å². The molecule has 1 saturated heterocycles. The molecule has 1 aliphatic heterocycles. The molecule has 0 spiro atoms. The van der Waals surface area contributed by atoms with E-state index in [-0.39, 0.29) is 11.9 Å². The van der Waals surface area contributed by atoms with Gasteiger partial charge in [0.15, 0.2) is 0 Å². The number of anilines is 2. The number of carbonyl (C=O) groups is 1. The van der Waals surface area contributed by atoms with E-state index in [1.165, 1.54) is 10.6 Å². The Morgan fingerprint density at radius 1 is 1.28 bits per heavy atom. The monoisotopic (exact) mass is 436 g/mol. The Bertz CT molecular complexity index is 997. The van der Waals surface area contributed by atoms with E-state index in [0.29, 0.717) is 35.8 Å². The zero-order chi connectivity index (χ0) is 21.0. The number of piperidine rings is 1. The third-order valence-corrected chi connectivity index (χ3v) is 6.42. The highest BCUT2D eigenvalue weighted by Gasteiger charge is 2.25. The summed E-state index contributed by atoms with van der Waals surface area (Å²) in [7, 11) is -3.20. The van der Waals surface area contributed by atoms with Crippen LogP contribution in [0.15, 0.2) is 36.7 Å². The number of pyridine rings is 1. The molecule has 9 heteroatoms. The van der Waals surface area contributed by atoms with E-state index in [1.807, 2.05) is 6.92 Å². The molecule has 3 rings (SSSR count). The van der Waals surface area contributed by atoms with Crippen molar-refractivity contribution in [1.82, 2.24) is 9.29 Å². The van der Waals surface area contributed by atoms with Crippen molar-refractivity contribution in [3.05, 3.63) is 52.8 Å². The van der Waals surface area contributed by atoms with E-state index in [1.54, 1.807) is 36.7 Å². The van der Waals surface area contributed by atoms with Gasteiger partial charge in [0.1, 0.15) is 0 Å². The average Bonchev–Trinajstić information content (AvgIpc) is 2.67. The third kappa shape index (κ3) is 5.68. The van der Waals surface area contributed by atoms with E-state index in [4.69, 9.17) is 11.6 Å². The zero-order valence-corrected chi connectivity index (χ0v) is 18.1. The van der Waals surface area contributed by atoms with Crippen LogP contribution in [0, 0.1) is 0 Å². The highest BCUT2D eigenvalue weighted by molar-refractivity contribution is 7.88. The summed E-state index contributed by atoms with van der Waals surface area (Å²) in [6.07, 6.45) is 6.83. The van der Waals surface area contributed by atoms with E-state index in [2.05, 4.69) is 15.6 Å². The number of hydrogen-bond acceptors (Lipinski definition) is 5. The Kier molecular flexibility index (Phi) is 6.77. The molecule has 29 heavy (non-hydrogen) atoms. The number of hydrogen-bond donors (Lipinski definition) is 2. The van der Waals surface area contributed by atoms with Crippen LogP contribution in [0.4, 0.5) is 11.4 Å². The van der Waals surface area contributed by atoms with Gasteiger partial charge in [-0.25, -0.2) is 12.7 Å². The fraction of sp³-hybridized carbons (Fsp3) is 0.400. The fourth-order valence-electron chi connectivity index (χ4n) is 3.46. The first-order chi connectivity index (χ1) is 13.8. The molecule has 0 saturated carbocycles. The Morgan fingerprint density at radius 2 is 2.03 bits per heavy atom. The summed E-state index contributed by atoms with van der Waals surface area (Å²) in [5.74, 6) is -0.224. The van der Waals surface area contributed by atoms with Gasteiger partial charge in [-0.15, -0.1) is 0 Å². The lowest BCUT2D eigenvalue weighted by atomic mass is 10.0. The normalized spacial score (nSPS) is 17.7. The van der Waals surface area contributed by atoms with Gasteiger partial charge < -0.3 is 10.6 Å². The van der Waals surface area contributed by atoms with Crippen LogP contribution >= 0.6 is 11.6 Å². The molecule has 2 N–H and O–H groups in total. The molecule has 1 unspecified atom stereocenters. The van der Waals surface area contributed by atoms with Crippen LogP contribution in [0.2, 0.25) is 5.02 Å². The van der Waals surface area contributed by atoms with Crippen LogP contribution in [0.3, 0.4) is 0 Å². The molecule has 1 aromatic carbocycles. The maximum absolute atomic E-state index is 12.7. The molecule has 0 aliphatic carbocycles. The van der Waals surface area contributed by atoms with Gasteiger partial charge >= 0.3 is 0 Å². The second-order valence-corrected chi connectivity index (χ2v) is 9.59. The number of nitrogens with one attached hydrogen (secondary N) is 2. The minimum absolute atomic E-state index is 0.00538. The topological polar surface area (TPSA) is 91.4 Å². The predicted molar refractivity (Wildman–Crippen MR) is 116 cm³/mol.